The first-order valence-corrected chi connectivity index (χ1v) is 6.51. The molecule has 0 aliphatic heterocycles. The third kappa shape index (κ3) is 2.53. The van der Waals surface area contributed by atoms with Crippen LogP contribution in [0.3, 0.4) is 0 Å². The van der Waals surface area contributed by atoms with Crippen LogP contribution >= 0.6 is 15.9 Å². The molecule has 0 spiro atoms. The van der Waals surface area contributed by atoms with Gasteiger partial charge in [0.05, 0.1) is 22.5 Å². The van der Waals surface area contributed by atoms with E-state index in [0.717, 1.165) is 15.4 Å². The Morgan fingerprint density at radius 1 is 1.00 bits per heavy atom. The lowest BCUT2D eigenvalue weighted by Crippen LogP contribution is -1.95. The summed E-state index contributed by atoms with van der Waals surface area (Å²) in [7, 11) is 1.52. The topological polar surface area (TPSA) is 70.0 Å². The van der Waals surface area contributed by atoms with E-state index in [4.69, 9.17) is 9.47 Å². The van der Waals surface area contributed by atoms with Gasteiger partial charge in [-0.15, -0.1) is 0 Å². The van der Waals surface area contributed by atoms with Gasteiger partial charge in [0.25, 0.3) is 0 Å². The number of halogens is 1. The Kier molecular flexibility index (Phi) is 3.42. The molecule has 0 amide bonds. The van der Waals surface area contributed by atoms with Gasteiger partial charge in [-0.3, -0.25) is 0 Å². The van der Waals surface area contributed by atoms with Crippen molar-refractivity contribution in [1.82, 2.24) is 19.9 Å². The molecule has 2 aromatic heterocycles. The van der Waals surface area contributed by atoms with Crippen molar-refractivity contribution in [2.24, 2.45) is 0 Å². The molecule has 0 saturated heterocycles. The molecule has 3 rings (SSSR count). The molecular formula is C13H9BrN4O2. The molecule has 0 unspecified atom stereocenters. The fourth-order valence-corrected chi connectivity index (χ4v) is 1.85. The highest BCUT2D eigenvalue weighted by Crippen LogP contribution is 2.27. The molecule has 3 aromatic rings. The summed E-state index contributed by atoms with van der Waals surface area (Å²) in [5, 5.41) is 0.764. The van der Waals surface area contributed by atoms with E-state index in [2.05, 4.69) is 35.9 Å². The fourth-order valence-electron chi connectivity index (χ4n) is 1.65. The van der Waals surface area contributed by atoms with Crippen LogP contribution in [-0.2, 0) is 0 Å². The molecule has 0 atom stereocenters. The van der Waals surface area contributed by atoms with Crippen LogP contribution < -0.4 is 9.47 Å². The molecule has 2 heterocycles. The molecule has 0 N–H and O–H groups in total. The molecular weight excluding hydrogens is 324 g/mol. The number of methoxy groups -OCH3 is 1. The van der Waals surface area contributed by atoms with Crippen molar-refractivity contribution in [1.29, 1.82) is 0 Å². The van der Waals surface area contributed by atoms with Crippen LogP contribution in [0.15, 0.2) is 41.3 Å². The fraction of sp³-hybridized carbons (Fsp3) is 0.0769. The zero-order valence-electron chi connectivity index (χ0n) is 10.4. The van der Waals surface area contributed by atoms with Crippen molar-refractivity contribution in [3.05, 3.63) is 41.3 Å². The molecule has 0 bridgehead atoms. The molecule has 0 aliphatic carbocycles. The van der Waals surface area contributed by atoms with Crippen molar-refractivity contribution in [3.8, 4) is 17.8 Å². The number of aromatic nitrogens is 4. The standard InChI is InChI=1S/C13H9BrN4O2/c1-19-13-17-7-9-10(18-13)3-2-4-11(9)20-12-15-5-8(14)6-16-12/h2-7H,1H3. The van der Waals surface area contributed by atoms with Crippen LogP contribution in [0.1, 0.15) is 0 Å². The summed E-state index contributed by atoms with van der Waals surface area (Å²) < 4.78 is 11.4. The summed E-state index contributed by atoms with van der Waals surface area (Å²) in [6.45, 7) is 0. The predicted molar refractivity (Wildman–Crippen MR) is 75.9 cm³/mol. The third-order valence-corrected chi connectivity index (χ3v) is 2.95. The van der Waals surface area contributed by atoms with Crippen LogP contribution in [0, 0.1) is 0 Å². The van der Waals surface area contributed by atoms with E-state index < -0.39 is 0 Å². The SMILES string of the molecule is COc1ncc2c(Oc3ncc(Br)cn3)cccc2n1. The Hall–Kier alpha value is -2.28. The second kappa shape index (κ2) is 5.38. The van der Waals surface area contributed by atoms with Gasteiger partial charge in [0.1, 0.15) is 5.75 Å². The Labute approximate surface area is 123 Å². The monoisotopic (exact) mass is 332 g/mol. The van der Waals surface area contributed by atoms with E-state index in [1.54, 1.807) is 18.6 Å². The van der Waals surface area contributed by atoms with E-state index in [0.29, 0.717) is 11.8 Å². The highest BCUT2D eigenvalue weighted by molar-refractivity contribution is 9.10. The zero-order valence-corrected chi connectivity index (χ0v) is 12.0. The first-order chi connectivity index (χ1) is 9.76. The highest BCUT2D eigenvalue weighted by atomic mass is 79.9. The molecule has 20 heavy (non-hydrogen) atoms. The number of fused-ring (bicyclic) bond motifs is 1. The smallest absolute Gasteiger partial charge is 0.321 e. The summed E-state index contributed by atoms with van der Waals surface area (Å²) in [5.74, 6) is 0.590. The van der Waals surface area contributed by atoms with Gasteiger partial charge in [0.15, 0.2) is 0 Å². The van der Waals surface area contributed by atoms with Gasteiger partial charge in [0, 0.05) is 18.6 Å². The number of nitrogens with zero attached hydrogens (tertiary/aromatic N) is 4. The van der Waals surface area contributed by atoms with Gasteiger partial charge in [-0.1, -0.05) is 6.07 Å². The minimum atomic E-state index is 0.261. The van der Waals surface area contributed by atoms with Gasteiger partial charge in [-0.2, -0.15) is 4.98 Å². The summed E-state index contributed by atoms with van der Waals surface area (Å²) >= 11 is 3.27. The number of hydrogen-bond donors (Lipinski definition) is 0. The maximum Gasteiger partial charge on any atom is 0.321 e. The van der Waals surface area contributed by atoms with Crippen molar-refractivity contribution >= 4 is 26.8 Å². The molecule has 7 heteroatoms. The quantitative estimate of drug-likeness (QED) is 0.734. The van der Waals surface area contributed by atoms with Crippen molar-refractivity contribution in [3.63, 3.8) is 0 Å². The van der Waals surface area contributed by atoms with Crippen LogP contribution in [0.25, 0.3) is 10.9 Å². The lowest BCUT2D eigenvalue weighted by atomic mass is 10.2. The van der Waals surface area contributed by atoms with E-state index in [9.17, 15) is 0 Å². The van der Waals surface area contributed by atoms with Crippen molar-refractivity contribution in [2.75, 3.05) is 7.11 Å². The van der Waals surface area contributed by atoms with E-state index >= 15 is 0 Å². The average Bonchev–Trinajstić information content (AvgIpc) is 2.49. The predicted octanol–water partition coefficient (Wildman–Crippen LogP) is 2.98. The van der Waals surface area contributed by atoms with Gasteiger partial charge in [-0.25, -0.2) is 15.0 Å². The lowest BCUT2D eigenvalue weighted by Gasteiger charge is -2.07. The lowest BCUT2D eigenvalue weighted by molar-refractivity contribution is 0.381. The summed E-state index contributed by atoms with van der Waals surface area (Å²) in [5.41, 5.74) is 0.728. The Balaban J connectivity index is 2.01. The van der Waals surface area contributed by atoms with Crippen LogP contribution in [0.2, 0.25) is 0 Å². The van der Waals surface area contributed by atoms with Crippen LogP contribution in [-0.4, -0.2) is 27.0 Å². The van der Waals surface area contributed by atoms with Gasteiger partial charge >= 0.3 is 12.0 Å². The zero-order chi connectivity index (χ0) is 13.9. The van der Waals surface area contributed by atoms with E-state index in [1.807, 2.05) is 18.2 Å². The number of rotatable bonds is 3. The Morgan fingerprint density at radius 3 is 2.50 bits per heavy atom. The molecule has 0 saturated carbocycles. The molecule has 0 radical (unpaired) electrons. The molecule has 100 valence electrons. The first kappa shape index (κ1) is 12.7. The summed E-state index contributed by atoms with van der Waals surface area (Å²) in [6, 6.07) is 6.08. The maximum atomic E-state index is 5.66. The second-order valence-electron chi connectivity index (χ2n) is 3.83. The summed E-state index contributed by atoms with van der Waals surface area (Å²) in [4.78, 5) is 16.5. The molecule has 0 aliphatic rings. The van der Waals surface area contributed by atoms with Crippen molar-refractivity contribution in [2.45, 2.75) is 0 Å². The number of hydrogen-bond acceptors (Lipinski definition) is 6. The molecule has 6 nitrogen and oxygen atoms in total. The average molecular weight is 333 g/mol. The maximum absolute atomic E-state index is 5.66. The van der Waals surface area contributed by atoms with Crippen LogP contribution in [0.4, 0.5) is 0 Å². The third-order valence-electron chi connectivity index (χ3n) is 2.54. The second-order valence-corrected chi connectivity index (χ2v) is 4.75. The first-order valence-electron chi connectivity index (χ1n) is 5.71. The molecule has 1 aromatic carbocycles. The van der Waals surface area contributed by atoms with Gasteiger partial charge in [0.2, 0.25) is 0 Å². The Morgan fingerprint density at radius 2 is 1.75 bits per heavy atom. The number of ether oxygens (including phenoxy) is 2. The van der Waals surface area contributed by atoms with E-state index in [1.165, 1.54) is 7.11 Å². The Bertz CT molecular complexity index is 749. The van der Waals surface area contributed by atoms with E-state index in [-0.39, 0.29) is 6.01 Å². The largest absolute Gasteiger partial charge is 0.467 e. The normalized spacial score (nSPS) is 10.5. The van der Waals surface area contributed by atoms with Crippen LogP contribution in [0.5, 0.6) is 17.8 Å². The van der Waals surface area contributed by atoms with Gasteiger partial charge < -0.3 is 9.47 Å². The highest BCUT2D eigenvalue weighted by Gasteiger charge is 2.08. The van der Waals surface area contributed by atoms with Gasteiger partial charge in [-0.05, 0) is 28.1 Å². The van der Waals surface area contributed by atoms with Crippen molar-refractivity contribution < 1.29 is 9.47 Å². The molecule has 0 fully saturated rings. The summed E-state index contributed by atoms with van der Waals surface area (Å²) in [6.07, 6.45) is 4.88. The number of benzene rings is 1. The minimum absolute atomic E-state index is 0.261. The minimum Gasteiger partial charge on any atom is -0.467 e.